The Labute approximate surface area is 188 Å². The first-order chi connectivity index (χ1) is 15.0. The Bertz CT molecular complexity index is 1260. The lowest BCUT2D eigenvalue weighted by Gasteiger charge is -2.21. The predicted octanol–water partition coefficient (Wildman–Crippen LogP) is 4.68. The van der Waals surface area contributed by atoms with Crippen molar-refractivity contribution in [2.45, 2.75) is 18.4 Å². The van der Waals surface area contributed by atoms with Crippen LogP contribution in [0.4, 0.5) is 16.0 Å². The molecule has 0 radical (unpaired) electrons. The smallest absolute Gasteiger partial charge is 0.266 e. The summed E-state index contributed by atoms with van der Waals surface area (Å²) in [5, 5.41) is 4.31. The van der Waals surface area contributed by atoms with Crippen LogP contribution in [0.15, 0.2) is 82.5 Å². The van der Waals surface area contributed by atoms with Crippen LogP contribution < -0.4 is 9.21 Å². The van der Waals surface area contributed by atoms with Crippen LogP contribution >= 0.6 is 22.7 Å². The zero-order chi connectivity index (χ0) is 21.8. The van der Waals surface area contributed by atoms with E-state index in [4.69, 9.17) is 0 Å². The third-order valence-electron chi connectivity index (χ3n) is 4.33. The second-order valence-corrected chi connectivity index (χ2v) is 10.0. The van der Waals surface area contributed by atoms with Crippen LogP contribution in [-0.2, 0) is 21.4 Å². The third kappa shape index (κ3) is 4.50. The quantitative estimate of drug-likeness (QED) is 0.392. The van der Waals surface area contributed by atoms with E-state index in [1.807, 2.05) is 30.3 Å². The average molecular weight is 471 g/mol. The number of carbonyl (C=O) groups excluding carboxylic acids is 1. The van der Waals surface area contributed by atoms with E-state index in [0.29, 0.717) is 21.6 Å². The van der Waals surface area contributed by atoms with Crippen LogP contribution in [-0.4, -0.2) is 24.3 Å². The van der Waals surface area contributed by atoms with Gasteiger partial charge in [-0.15, -0.1) is 22.7 Å². The first kappa shape index (κ1) is 21.2. The number of sulfonamides is 1. The number of thiazole rings is 2. The standard InChI is InChI=1S/C21H18N4O3S3/c1-16(26)25(18-8-4-2-5-9-18)21-23-17(15-30-21)14-24(20-22-12-13-29-20)31(27,28)19-10-6-3-7-11-19/h2-13,15H,14H2,1H3. The molecular weight excluding hydrogens is 452 g/mol. The highest BCUT2D eigenvalue weighted by Crippen LogP contribution is 2.32. The summed E-state index contributed by atoms with van der Waals surface area (Å²) in [6, 6.07) is 17.4. The molecule has 158 valence electrons. The van der Waals surface area contributed by atoms with E-state index in [1.165, 1.54) is 38.8 Å². The van der Waals surface area contributed by atoms with Gasteiger partial charge in [0.05, 0.1) is 22.8 Å². The maximum atomic E-state index is 13.3. The van der Waals surface area contributed by atoms with Crippen LogP contribution in [0.3, 0.4) is 0 Å². The molecule has 0 atom stereocenters. The fraction of sp³-hybridized carbons (Fsp3) is 0.0952. The highest BCUT2D eigenvalue weighted by atomic mass is 32.2. The van der Waals surface area contributed by atoms with Gasteiger partial charge in [-0.3, -0.25) is 9.69 Å². The Kier molecular flexibility index (Phi) is 6.12. The molecule has 7 nitrogen and oxygen atoms in total. The second kappa shape index (κ2) is 8.96. The summed E-state index contributed by atoms with van der Waals surface area (Å²) in [6.07, 6.45) is 1.56. The summed E-state index contributed by atoms with van der Waals surface area (Å²) in [5.41, 5.74) is 1.22. The molecule has 2 aromatic heterocycles. The fourth-order valence-corrected chi connectivity index (χ4v) is 6.10. The van der Waals surface area contributed by atoms with E-state index < -0.39 is 10.0 Å². The molecule has 1 amide bonds. The minimum absolute atomic E-state index is 0.00176. The molecule has 0 N–H and O–H groups in total. The van der Waals surface area contributed by atoms with Gasteiger partial charge in [0.25, 0.3) is 10.0 Å². The van der Waals surface area contributed by atoms with Gasteiger partial charge in [-0.05, 0) is 24.3 Å². The number of carbonyl (C=O) groups is 1. The van der Waals surface area contributed by atoms with Gasteiger partial charge in [-0.1, -0.05) is 36.4 Å². The fourth-order valence-electron chi connectivity index (χ4n) is 2.94. The number of amides is 1. The molecule has 0 aliphatic rings. The molecular formula is C21H18N4O3S3. The van der Waals surface area contributed by atoms with E-state index >= 15 is 0 Å². The normalized spacial score (nSPS) is 11.3. The molecule has 0 bridgehead atoms. The van der Waals surface area contributed by atoms with Gasteiger partial charge in [-0.2, -0.15) is 0 Å². The summed E-state index contributed by atoms with van der Waals surface area (Å²) < 4.78 is 27.9. The number of nitrogens with zero attached hydrogens (tertiary/aromatic N) is 4. The summed E-state index contributed by atoms with van der Waals surface area (Å²) in [6.45, 7) is 1.47. The molecule has 0 aliphatic heterocycles. The van der Waals surface area contributed by atoms with Gasteiger partial charge in [0.2, 0.25) is 5.91 Å². The van der Waals surface area contributed by atoms with Crippen molar-refractivity contribution in [1.29, 1.82) is 0 Å². The molecule has 4 aromatic rings. The van der Waals surface area contributed by atoms with E-state index in [-0.39, 0.29) is 17.3 Å². The first-order valence-corrected chi connectivity index (χ1v) is 12.4. The number of hydrogen-bond donors (Lipinski definition) is 0. The molecule has 10 heteroatoms. The Morgan fingerprint density at radius 2 is 1.65 bits per heavy atom. The van der Waals surface area contributed by atoms with Gasteiger partial charge in [-0.25, -0.2) is 22.7 Å². The third-order valence-corrected chi connectivity index (χ3v) is 7.86. The van der Waals surface area contributed by atoms with Gasteiger partial charge in [0.1, 0.15) is 0 Å². The van der Waals surface area contributed by atoms with Gasteiger partial charge >= 0.3 is 0 Å². The Morgan fingerprint density at radius 1 is 0.968 bits per heavy atom. The molecule has 0 saturated heterocycles. The maximum absolute atomic E-state index is 13.3. The Balaban J connectivity index is 1.68. The maximum Gasteiger partial charge on any atom is 0.266 e. The number of benzene rings is 2. The van der Waals surface area contributed by atoms with Crippen molar-refractivity contribution < 1.29 is 13.2 Å². The molecule has 31 heavy (non-hydrogen) atoms. The van der Waals surface area contributed by atoms with Crippen molar-refractivity contribution in [2.24, 2.45) is 0 Å². The van der Waals surface area contributed by atoms with Crippen molar-refractivity contribution in [1.82, 2.24) is 9.97 Å². The number of aromatic nitrogens is 2. The van der Waals surface area contributed by atoms with Crippen LogP contribution in [0.5, 0.6) is 0 Å². The molecule has 2 aromatic carbocycles. The molecule has 0 spiro atoms. The lowest BCUT2D eigenvalue weighted by Crippen LogP contribution is -2.30. The van der Waals surface area contributed by atoms with Crippen molar-refractivity contribution >= 4 is 54.6 Å². The van der Waals surface area contributed by atoms with Gasteiger partial charge < -0.3 is 0 Å². The summed E-state index contributed by atoms with van der Waals surface area (Å²) in [5.74, 6) is -0.180. The highest BCUT2D eigenvalue weighted by molar-refractivity contribution is 7.93. The molecule has 0 aliphatic carbocycles. The van der Waals surface area contributed by atoms with Gasteiger partial charge in [0, 0.05) is 23.9 Å². The van der Waals surface area contributed by atoms with E-state index in [1.54, 1.807) is 47.3 Å². The van der Waals surface area contributed by atoms with Crippen molar-refractivity contribution in [2.75, 3.05) is 9.21 Å². The number of rotatable bonds is 7. The minimum Gasteiger partial charge on any atom is -0.274 e. The molecule has 0 fully saturated rings. The zero-order valence-electron chi connectivity index (χ0n) is 16.5. The lowest BCUT2D eigenvalue weighted by molar-refractivity contribution is -0.115. The van der Waals surface area contributed by atoms with Crippen LogP contribution in [0, 0.1) is 0 Å². The summed E-state index contributed by atoms with van der Waals surface area (Å²) in [4.78, 5) is 22.7. The van der Waals surface area contributed by atoms with Crippen LogP contribution in [0.2, 0.25) is 0 Å². The number of anilines is 3. The van der Waals surface area contributed by atoms with Crippen molar-refractivity contribution in [3.8, 4) is 0 Å². The van der Waals surface area contributed by atoms with E-state index in [9.17, 15) is 13.2 Å². The van der Waals surface area contributed by atoms with E-state index in [0.717, 1.165) is 0 Å². The SMILES string of the molecule is CC(=O)N(c1ccccc1)c1nc(CN(c2nccs2)S(=O)(=O)c2ccccc2)cs1. The summed E-state index contributed by atoms with van der Waals surface area (Å²) in [7, 11) is -3.84. The van der Waals surface area contributed by atoms with Crippen LogP contribution in [0.25, 0.3) is 0 Å². The monoisotopic (exact) mass is 470 g/mol. The van der Waals surface area contributed by atoms with Gasteiger partial charge in [0.15, 0.2) is 10.3 Å². The van der Waals surface area contributed by atoms with Crippen molar-refractivity contribution in [3.63, 3.8) is 0 Å². The van der Waals surface area contributed by atoms with Crippen molar-refractivity contribution in [3.05, 3.63) is 83.3 Å². The molecule has 0 unspecified atom stereocenters. The topological polar surface area (TPSA) is 83.5 Å². The lowest BCUT2D eigenvalue weighted by atomic mass is 10.3. The Hall–Kier alpha value is -3.08. The van der Waals surface area contributed by atoms with Crippen LogP contribution in [0.1, 0.15) is 12.6 Å². The Morgan fingerprint density at radius 3 is 2.26 bits per heavy atom. The molecule has 4 rings (SSSR count). The van der Waals surface area contributed by atoms with E-state index in [2.05, 4.69) is 9.97 Å². The highest BCUT2D eigenvalue weighted by Gasteiger charge is 2.28. The average Bonchev–Trinajstić information content (AvgIpc) is 3.46. The minimum atomic E-state index is -3.84. The largest absolute Gasteiger partial charge is 0.274 e. The molecule has 2 heterocycles. The molecule has 0 saturated carbocycles. The predicted molar refractivity (Wildman–Crippen MR) is 123 cm³/mol. The first-order valence-electron chi connectivity index (χ1n) is 9.24. The zero-order valence-corrected chi connectivity index (χ0v) is 18.9. The number of hydrogen-bond acceptors (Lipinski definition) is 7. The second-order valence-electron chi connectivity index (χ2n) is 6.45. The summed E-state index contributed by atoms with van der Waals surface area (Å²) >= 11 is 2.52. The number of para-hydroxylation sites is 1.